The van der Waals surface area contributed by atoms with Crippen molar-refractivity contribution in [1.29, 1.82) is 0 Å². The minimum atomic E-state index is -0.259. The lowest BCUT2D eigenvalue weighted by Crippen LogP contribution is -2.39. The molecule has 26 heavy (non-hydrogen) atoms. The number of anilines is 1. The molecule has 0 saturated carbocycles. The molecule has 2 amide bonds. The van der Waals surface area contributed by atoms with Crippen molar-refractivity contribution in [3.63, 3.8) is 0 Å². The van der Waals surface area contributed by atoms with Gasteiger partial charge in [-0.3, -0.25) is 9.59 Å². The highest BCUT2D eigenvalue weighted by atomic mass is 35.5. The van der Waals surface area contributed by atoms with Crippen LogP contribution in [0.15, 0.2) is 42.5 Å². The number of carbonyl (C=O) groups excluding carboxylic acids is 2. The summed E-state index contributed by atoms with van der Waals surface area (Å²) >= 11 is 5.85. The van der Waals surface area contributed by atoms with Gasteiger partial charge in [0.1, 0.15) is 19.8 Å². The quantitative estimate of drug-likeness (QED) is 0.873. The molecule has 0 saturated heterocycles. The second kappa shape index (κ2) is 8.10. The lowest BCUT2D eigenvalue weighted by atomic mass is 10.2. The molecule has 6 nitrogen and oxygen atoms in total. The summed E-state index contributed by atoms with van der Waals surface area (Å²) in [6.45, 7) is 2.66. The van der Waals surface area contributed by atoms with Gasteiger partial charge in [-0.1, -0.05) is 23.7 Å². The molecule has 0 spiro atoms. The van der Waals surface area contributed by atoms with Crippen molar-refractivity contribution in [2.75, 3.05) is 24.7 Å². The molecule has 1 heterocycles. The fraction of sp³-hybridized carbons (Fsp3) is 0.263. The average molecular weight is 375 g/mol. The van der Waals surface area contributed by atoms with Gasteiger partial charge < -0.3 is 19.7 Å². The van der Waals surface area contributed by atoms with E-state index in [0.717, 1.165) is 5.56 Å². The van der Waals surface area contributed by atoms with E-state index in [1.165, 1.54) is 11.8 Å². The molecule has 0 fully saturated rings. The molecule has 1 N–H and O–H groups in total. The van der Waals surface area contributed by atoms with Crippen LogP contribution in [-0.4, -0.2) is 31.6 Å². The Balaban J connectivity index is 1.65. The first-order chi connectivity index (χ1) is 12.5. The van der Waals surface area contributed by atoms with Crippen LogP contribution in [-0.2, 0) is 16.1 Å². The zero-order valence-electron chi connectivity index (χ0n) is 14.3. The zero-order chi connectivity index (χ0) is 18.5. The normalized spacial score (nSPS) is 12.4. The third-order valence-electron chi connectivity index (χ3n) is 3.92. The van der Waals surface area contributed by atoms with Crippen molar-refractivity contribution in [2.24, 2.45) is 0 Å². The predicted octanol–water partition coefficient (Wildman–Crippen LogP) is 2.78. The summed E-state index contributed by atoms with van der Waals surface area (Å²) in [5, 5.41) is 3.44. The second-order valence-electron chi connectivity index (χ2n) is 5.84. The molecular formula is C19H19ClN2O4. The molecule has 2 aromatic carbocycles. The van der Waals surface area contributed by atoms with Gasteiger partial charge in [0.2, 0.25) is 11.8 Å². The smallest absolute Gasteiger partial charge is 0.240 e. The third-order valence-corrected chi connectivity index (χ3v) is 4.17. The largest absolute Gasteiger partial charge is 0.486 e. The summed E-state index contributed by atoms with van der Waals surface area (Å²) < 4.78 is 11.0. The number of amides is 2. The summed E-state index contributed by atoms with van der Waals surface area (Å²) in [4.78, 5) is 25.7. The standard InChI is InChI=1S/C19H19ClN2O4/c1-13(23)22(16-6-7-17-18(10-16)26-9-8-25-17)12-19(24)21-11-14-2-4-15(20)5-3-14/h2-7,10H,8-9,11-12H2,1H3,(H,21,24). The van der Waals surface area contributed by atoms with E-state index in [-0.39, 0.29) is 18.4 Å². The molecule has 3 rings (SSSR count). The van der Waals surface area contributed by atoms with E-state index >= 15 is 0 Å². The molecule has 0 radical (unpaired) electrons. The summed E-state index contributed by atoms with van der Waals surface area (Å²) in [7, 11) is 0. The molecule has 0 aromatic heterocycles. The lowest BCUT2D eigenvalue weighted by Gasteiger charge is -2.24. The van der Waals surface area contributed by atoms with Crippen molar-refractivity contribution in [2.45, 2.75) is 13.5 Å². The molecule has 0 atom stereocenters. The van der Waals surface area contributed by atoms with Crippen LogP contribution >= 0.6 is 11.6 Å². The van der Waals surface area contributed by atoms with Gasteiger partial charge in [0.05, 0.1) is 0 Å². The lowest BCUT2D eigenvalue weighted by molar-refractivity contribution is -0.123. The minimum Gasteiger partial charge on any atom is -0.486 e. The Labute approximate surface area is 156 Å². The van der Waals surface area contributed by atoms with Crippen LogP contribution in [0.5, 0.6) is 11.5 Å². The highest BCUT2D eigenvalue weighted by molar-refractivity contribution is 6.30. The number of hydrogen-bond acceptors (Lipinski definition) is 4. The number of fused-ring (bicyclic) bond motifs is 1. The van der Waals surface area contributed by atoms with Crippen molar-refractivity contribution in [3.05, 3.63) is 53.1 Å². The van der Waals surface area contributed by atoms with Gasteiger partial charge in [-0.15, -0.1) is 0 Å². The number of rotatable bonds is 5. The molecule has 1 aliphatic heterocycles. The Bertz CT molecular complexity index is 808. The van der Waals surface area contributed by atoms with Crippen LogP contribution in [0.25, 0.3) is 0 Å². The van der Waals surface area contributed by atoms with Gasteiger partial charge in [0.15, 0.2) is 11.5 Å². The van der Waals surface area contributed by atoms with Gasteiger partial charge in [0, 0.05) is 30.2 Å². The Morgan fingerprint density at radius 3 is 2.46 bits per heavy atom. The first-order valence-electron chi connectivity index (χ1n) is 8.22. The minimum absolute atomic E-state index is 0.0808. The first kappa shape index (κ1) is 18.1. The number of halogens is 1. The van der Waals surface area contributed by atoms with E-state index in [2.05, 4.69) is 5.32 Å². The van der Waals surface area contributed by atoms with Crippen LogP contribution in [0.1, 0.15) is 12.5 Å². The summed E-state index contributed by atoms with van der Waals surface area (Å²) in [6, 6.07) is 12.4. The summed E-state index contributed by atoms with van der Waals surface area (Å²) in [5.41, 5.74) is 1.51. The number of ether oxygens (including phenoxy) is 2. The van der Waals surface area contributed by atoms with Crippen molar-refractivity contribution in [3.8, 4) is 11.5 Å². The maximum absolute atomic E-state index is 12.3. The van der Waals surface area contributed by atoms with Crippen LogP contribution in [0.3, 0.4) is 0 Å². The Morgan fingerprint density at radius 1 is 1.08 bits per heavy atom. The van der Waals surface area contributed by atoms with E-state index in [1.54, 1.807) is 30.3 Å². The van der Waals surface area contributed by atoms with Crippen LogP contribution in [0, 0.1) is 0 Å². The van der Waals surface area contributed by atoms with E-state index < -0.39 is 0 Å². The van der Waals surface area contributed by atoms with E-state index in [9.17, 15) is 9.59 Å². The number of nitrogens with one attached hydrogen (secondary N) is 1. The predicted molar refractivity (Wildman–Crippen MR) is 98.8 cm³/mol. The molecular weight excluding hydrogens is 356 g/mol. The highest BCUT2D eigenvalue weighted by Gasteiger charge is 2.19. The van der Waals surface area contributed by atoms with Crippen LogP contribution in [0.2, 0.25) is 5.02 Å². The van der Waals surface area contributed by atoms with Crippen molar-refractivity contribution in [1.82, 2.24) is 5.32 Å². The van der Waals surface area contributed by atoms with Crippen LogP contribution in [0.4, 0.5) is 5.69 Å². The van der Waals surface area contributed by atoms with Crippen LogP contribution < -0.4 is 19.7 Å². The number of benzene rings is 2. The van der Waals surface area contributed by atoms with Gasteiger partial charge in [-0.2, -0.15) is 0 Å². The maximum Gasteiger partial charge on any atom is 0.240 e. The van der Waals surface area contributed by atoms with Crippen molar-refractivity contribution >= 4 is 29.1 Å². The Morgan fingerprint density at radius 2 is 1.77 bits per heavy atom. The molecule has 7 heteroatoms. The highest BCUT2D eigenvalue weighted by Crippen LogP contribution is 2.34. The van der Waals surface area contributed by atoms with Gasteiger partial charge in [-0.25, -0.2) is 0 Å². The van der Waals surface area contributed by atoms with E-state index in [0.29, 0.717) is 42.0 Å². The number of hydrogen-bond donors (Lipinski definition) is 1. The Hall–Kier alpha value is -2.73. The molecule has 0 aliphatic carbocycles. The van der Waals surface area contributed by atoms with Crippen molar-refractivity contribution < 1.29 is 19.1 Å². The molecule has 136 valence electrons. The monoisotopic (exact) mass is 374 g/mol. The number of nitrogens with zero attached hydrogens (tertiary/aromatic N) is 1. The topological polar surface area (TPSA) is 67.9 Å². The molecule has 0 bridgehead atoms. The SMILES string of the molecule is CC(=O)N(CC(=O)NCc1ccc(Cl)cc1)c1ccc2c(c1)OCCO2. The zero-order valence-corrected chi connectivity index (χ0v) is 15.1. The summed E-state index contributed by atoms with van der Waals surface area (Å²) in [6.07, 6.45) is 0. The Kier molecular flexibility index (Phi) is 5.63. The average Bonchev–Trinajstić information content (AvgIpc) is 2.65. The third kappa shape index (κ3) is 4.46. The van der Waals surface area contributed by atoms with Gasteiger partial charge >= 0.3 is 0 Å². The van der Waals surface area contributed by atoms with Gasteiger partial charge in [-0.05, 0) is 29.8 Å². The maximum atomic E-state index is 12.3. The van der Waals surface area contributed by atoms with Gasteiger partial charge in [0.25, 0.3) is 0 Å². The van der Waals surface area contributed by atoms with E-state index in [4.69, 9.17) is 21.1 Å². The summed E-state index contributed by atoms with van der Waals surface area (Å²) in [5.74, 6) is 0.714. The molecule has 2 aromatic rings. The molecule has 1 aliphatic rings. The molecule has 0 unspecified atom stereocenters. The van der Waals surface area contributed by atoms with E-state index in [1.807, 2.05) is 12.1 Å². The fourth-order valence-electron chi connectivity index (χ4n) is 2.59. The first-order valence-corrected chi connectivity index (χ1v) is 8.59. The number of carbonyl (C=O) groups is 2. The fourth-order valence-corrected chi connectivity index (χ4v) is 2.71. The second-order valence-corrected chi connectivity index (χ2v) is 6.27.